The third-order valence-corrected chi connectivity index (χ3v) is 5.96. The summed E-state index contributed by atoms with van der Waals surface area (Å²) in [4.78, 5) is 34.0. The van der Waals surface area contributed by atoms with Gasteiger partial charge in [-0.2, -0.15) is 0 Å². The Morgan fingerprint density at radius 3 is 2.38 bits per heavy atom. The number of pyridine rings is 1. The molecule has 2 amide bonds. The zero-order valence-corrected chi connectivity index (χ0v) is 19.2. The highest BCUT2D eigenvalue weighted by atomic mass is 16.5. The molecule has 8 nitrogen and oxygen atoms in total. The molecule has 1 aliphatic rings. The molecule has 4 rings (SSSR count). The molecule has 0 aliphatic carbocycles. The molecule has 2 N–H and O–H groups in total. The van der Waals surface area contributed by atoms with E-state index < -0.39 is 11.8 Å². The summed E-state index contributed by atoms with van der Waals surface area (Å²) in [6.45, 7) is 3.72. The first kappa shape index (κ1) is 23.3. The van der Waals surface area contributed by atoms with Crippen LogP contribution in [0, 0.1) is 0 Å². The minimum absolute atomic E-state index is 0.0883. The largest absolute Gasteiger partial charge is 0.495 e. The summed E-state index contributed by atoms with van der Waals surface area (Å²) in [5.41, 5.74) is 2.66. The first-order chi connectivity index (χ1) is 16.7. The van der Waals surface area contributed by atoms with Crippen molar-refractivity contribution in [2.45, 2.75) is 6.04 Å². The molecule has 0 saturated carbocycles. The van der Waals surface area contributed by atoms with Crippen LogP contribution in [0.5, 0.6) is 5.75 Å². The number of nitrogens with zero attached hydrogens (tertiary/aromatic N) is 3. The molecule has 1 fully saturated rings. The van der Waals surface area contributed by atoms with Gasteiger partial charge < -0.3 is 20.3 Å². The molecule has 3 aromatic rings. The number of amides is 2. The van der Waals surface area contributed by atoms with Crippen LogP contribution in [-0.2, 0) is 9.59 Å². The highest BCUT2D eigenvalue weighted by molar-refractivity contribution is 6.39. The van der Waals surface area contributed by atoms with E-state index in [1.165, 1.54) is 12.8 Å². The van der Waals surface area contributed by atoms with Gasteiger partial charge in [0, 0.05) is 50.8 Å². The van der Waals surface area contributed by atoms with Crippen molar-refractivity contribution < 1.29 is 14.3 Å². The lowest BCUT2D eigenvalue weighted by atomic mass is 10.1. The maximum Gasteiger partial charge on any atom is 0.313 e. The van der Waals surface area contributed by atoms with Gasteiger partial charge in [-0.25, -0.2) is 0 Å². The number of anilines is 2. The average molecular weight is 460 g/mol. The predicted molar refractivity (Wildman–Crippen MR) is 132 cm³/mol. The number of hydrogen-bond donors (Lipinski definition) is 2. The van der Waals surface area contributed by atoms with Gasteiger partial charge in [0.1, 0.15) is 5.75 Å². The van der Waals surface area contributed by atoms with Crippen LogP contribution in [0.4, 0.5) is 11.4 Å². The number of para-hydroxylation sites is 3. The van der Waals surface area contributed by atoms with Gasteiger partial charge in [-0.15, -0.1) is 0 Å². The molecule has 1 atom stereocenters. The molecule has 1 aromatic heterocycles. The van der Waals surface area contributed by atoms with Gasteiger partial charge in [-0.3, -0.25) is 19.5 Å². The van der Waals surface area contributed by atoms with Crippen molar-refractivity contribution in [1.82, 2.24) is 15.2 Å². The maximum atomic E-state index is 12.6. The summed E-state index contributed by atoms with van der Waals surface area (Å²) < 4.78 is 5.24. The molecule has 2 heterocycles. The standard InChI is InChI=1S/C26H29N5O3/c1-34-24-12-6-5-11-22(24)29-26(33)25(32)28-19-23(20-8-7-13-27-18-20)31-16-14-30(15-17-31)21-9-3-2-4-10-21/h2-13,18,23H,14-17,19H2,1H3,(H,28,32)(H,29,33)/t23-/m0/s1. The Balaban J connectivity index is 1.39. The van der Waals surface area contributed by atoms with Gasteiger partial charge in [0.15, 0.2) is 0 Å². The second-order valence-corrected chi connectivity index (χ2v) is 8.03. The van der Waals surface area contributed by atoms with Crippen molar-refractivity contribution in [3.8, 4) is 5.75 Å². The molecule has 1 saturated heterocycles. The van der Waals surface area contributed by atoms with Crippen molar-refractivity contribution in [1.29, 1.82) is 0 Å². The zero-order chi connectivity index (χ0) is 23.8. The van der Waals surface area contributed by atoms with Gasteiger partial charge in [0.2, 0.25) is 0 Å². The monoisotopic (exact) mass is 459 g/mol. The maximum absolute atomic E-state index is 12.6. The minimum Gasteiger partial charge on any atom is -0.495 e. The summed E-state index contributed by atoms with van der Waals surface area (Å²) in [5, 5.41) is 5.42. The van der Waals surface area contributed by atoms with Crippen LogP contribution in [0.1, 0.15) is 11.6 Å². The Bertz CT molecular complexity index is 1090. The third kappa shape index (κ3) is 5.71. The number of rotatable bonds is 7. The van der Waals surface area contributed by atoms with Crippen LogP contribution >= 0.6 is 0 Å². The number of carbonyl (C=O) groups excluding carboxylic acids is 2. The Hall–Kier alpha value is -3.91. The Kier molecular flexibility index (Phi) is 7.72. The first-order valence-corrected chi connectivity index (χ1v) is 11.3. The predicted octanol–water partition coefficient (Wildman–Crippen LogP) is 2.71. The quantitative estimate of drug-likeness (QED) is 0.529. The van der Waals surface area contributed by atoms with Crippen LogP contribution in [0.25, 0.3) is 0 Å². The number of piperazine rings is 1. The number of benzene rings is 2. The lowest BCUT2D eigenvalue weighted by molar-refractivity contribution is -0.136. The Morgan fingerprint density at radius 1 is 0.941 bits per heavy atom. The van der Waals surface area contributed by atoms with Crippen LogP contribution in [-0.4, -0.2) is 61.5 Å². The van der Waals surface area contributed by atoms with E-state index in [2.05, 4.69) is 37.6 Å². The molecular weight excluding hydrogens is 430 g/mol. The highest BCUT2D eigenvalue weighted by Gasteiger charge is 2.27. The summed E-state index contributed by atoms with van der Waals surface area (Å²) in [6, 6.07) is 21.1. The number of methoxy groups -OCH3 is 1. The number of ether oxygens (including phenoxy) is 1. The molecule has 0 radical (unpaired) electrons. The summed E-state index contributed by atoms with van der Waals surface area (Å²) in [6.07, 6.45) is 3.54. The average Bonchev–Trinajstić information content (AvgIpc) is 2.90. The minimum atomic E-state index is -0.733. The van der Waals surface area contributed by atoms with Gasteiger partial charge in [0.25, 0.3) is 0 Å². The summed E-state index contributed by atoms with van der Waals surface area (Å²) >= 11 is 0. The highest BCUT2D eigenvalue weighted by Crippen LogP contribution is 2.24. The molecular formula is C26H29N5O3. The summed E-state index contributed by atoms with van der Waals surface area (Å²) in [7, 11) is 1.51. The fourth-order valence-electron chi connectivity index (χ4n) is 4.16. The van der Waals surface area contributed by atoms with E-state index in [1.54, 1.807) is 30.5 Å². The molecule has 0 spiro atoms. The van der Waals surface area contributed by atoms with Crippen LogP contribution < -0.4 is 20.3 Å². The van der Waals surface area contributed by atoms with E-state index in [0.717, 1.165) is 31.7 Å². The van der Waals surface area contributed by atoms with E-state index >= 15 is 0 Å². The van der Waals surface area contributed by atoms with Crippen molar-refractivity contribution in [2.75, 3.05) is 50.1 Å². The van der Waals surface area contributed by atoms with Crippen LogP contribution in [0.15, 0.2) is 79.1 Å². The molecule has 176 valence electrons. The number of aromatic nitrogens is 1. The smallest absolute Gasteiger partial charge is 0.313 e. The second kappa shape index (κ2) is 11.3. The fraction of sp³-hybridized carbons (Fsp3) is 0.269. The number of nitrogens with one attached hydrogen (secondary N) is 2. The van der Waals surface area contributed by atoms with Crippen LogP contribution in [0.3, 0.4) is 0 Å². The van der Waals surface area contributed by atoms with Gasteiger partial charge in [-0.05, 0) is 35.9 Å². The normalized spacial score (nSPS) is 14.8. The van der Waals surface area contributed by atoms with Gasteiger partial charge in [-0.1, -0.05) is 36.4 Å². The van der Waals surface area contributed by atoms with Crippen molar-refractivity contribution in [3.05, 3.63) is 84.7 Å². The molecule has 0 bridgehead atoms. The lowest BCUT2D eigenvalue weighted by Gasteiger charge is -2.40. The zero-order valence-electron chi connectivity index (χ0n) is 19.2. The van der Waals surface area contributed by atoms with E-state index in [0.29, 0.717) is 18.0 Å². The number of hydrogen-bond acceptors (Lipinski definition) is 6. The van der Waals surface area contributed by atoms with E-state index in [-0.39, 0.29) is 6.04 Å². The van der Waals surface area contributed by atoms with E-state index in [4.69, 9.17) is 4.74 Å². The fourth-order valence-corrected chi connectivity index (χ4v) is 4.16. The van der Waals surface area contributed by atoms with E-state index in [1.807, 2.05) is 36.5 Å². The Morgan fingerprint density at radius 2 is 1.68 bits per heavy atom. The van der Waals surface area contributed by atoms with Gasteiger partial charge in [0.05, 0.1) is 18.8 Å². The van der Waals surface area contributed by atoms with Crippen LogP contribution in [0.2, 0.25) is 0 Å². The third-order valence-electron chi connectivity index (χ3n) is 5.96. The molecule has 1 aliphatic heterocycles. The SMILES string of the molecule is COc1ccccc1NC(=O)C(=O)NC[C@@H](c1cccnc1)N1CCN(c2ccccc2)CC1. The van der Waals surface area contributed by atoms with Crippen molar-refractivity contribution in [3.63, 3.8) is 0 Å². The number of carbonyl (C=O) groups is 2. The van der Waals surface area contributed by atoms with E-state index in [9.17, 15) is 9.59 Å². The Labute approximate surface area is 199 Å². The molecule has 2 aromatic carbocycles. The topological polar surface area (TPSA) is 86.8 Å². The first-order valence-electron chi connectivity index (χ1n) is 11.3. The molecule has 0 unspecified atom stereocenters. The molecule has 8 heteroatoms. The lowest BCUT2D eigenvalue weighted by Crippen LogP contribution is -2.50. The van der Waals surface area contributed by atoms with Crippen molar-refractivity contribution in [2.24, 2.45) is 0 Å². The molecule has 34 heavy (non-hydrogen) atoms. The van der Waals surface area contributed by atoms with Crippen molar-refractivity contribution >= 4 is 23.2 Å². The second-order valence-electron chi connectivity index (χ2n) is 8.03. The van der Waals surface area contributed by atoms with Gasteiger partial charge >= 0.3 is 11.8 Å². The summed E-state index contributed by atoms with van der Waals surface area (Å²) in [5.74, 6) is -0.931.